The Hall–Kier alpha value is -0.940. The van der Waals surface area contributed by atoms with Crippen molar-refractivity contribution in [2.45, 2.75) is 45.1 Å². The molecule has 0 saturated heterocycles. The van der Waals surface area contributed by atoms with Crippen LogP contribution in [0.3, 0.4) is 0 Å². The molecule has 5 heteroatoms. The van der Waals surface area contributed by atoms with E-state index in [1.807, 2.05) is 5.38 Å². The number of carbonyl (C=O) groups is 1. The second-order valence-electron chi connectivity index (χ2n) is 5.08. The molecule has 2 rings (SSSR count). The summed E-state index contributed by atoms with van der Waals surface area (Å²) in [6, 6.07) is -0.441. The molecule has 0 aromatic carbocycles. The molecule has 1 aromatic rings. The van der Waals surface area contributed by atoms with Gasteiger partial charge in [-0.3, -0.25) is 4.79 Å². The van der Waals surface area contributed by atoms with Gasteiger partial charge in [-0.05, 0) is 25.2 Å². The van der Waals surface area contributed by atoms with E-state index in [0.717, 1.165) is 5.69 Å². The van der Waals surface area contributed by atoms with Crippen LogP contribution in [0.1, 0.15) is 44.7 Å². The fourth-order valence-corrected chi connectivity index (χ4v) is 2.52. The minimum Gasteiger partial charge on any atom is -0.320 e. The van der Waals surface area contributed by atoms with Gasteiger partial charge in [-0.1, -0.05) is 13.8 Å². The summed E-state index contributed by atoms with van der Waals surface area (Å²) in [5.74, 6) is 0.922. The van der Waals surface area contributed by atoms with E-state index in [-0.39, 0.29) is 5.91 Å². The highest BCUT2D eigenvalue weighted by Gasteiger charge is 2.26. The van der Waals surface area contributed by atoms with Gasteiger partial charge < -0.3 is 11.1 Å². The first-order valence-electron chi connectivity index (χ1n) is 6.08. The number of carbonyl (C=O) groups excluding carboxylic acids is 1. The molecule has 1 aliphatic carbocycles. The van der Waals surface area contributed by atoms with Crippen LogP contribution in [-0.2, 0) is 4.79 Å². The van der Waals surface area contributed by atoms with E-state index in [1.54, 1.807) is 0 Å². The summed E-state index contributed by atoms with van der Waals surface area (Å²) in [5.41, 5.74) is 6.92. The zero-order valence-corrected chi connectivity index (χ0v) is 11.1. The first-order chi connectivity index (χ1) is 8.06. The lowest BCUT2D eigenvalue weighted by Gasteiger charge is -2.12. The Morgan fingerprint density at radius 1 is 1.65 bits per heavy atom. The molecule has 0 spiro atoms. The molecule has 1 aliphatic rings. The number of amides is 1. The van der Waals surface area contributed by atoms with Gasteiger partial charge in [0, 0.05) is 11.3 Å². The quantitative estimate of drug-likeness (QED) is 0.846. The number of nitrogens with zero attached hydrogens (tertiary/aromatic N) is 1. The lowest BCUT2D eigenvalue weighted by molar-refractivity contribution is -0.117. The Morgan fingerprint density at radius 3 is 2.94 bits per heavy atom. The molecule has 94 valence electrons. The lowest BCUT2D eigenvalue weighted by Crippen LogP contribution is -2.36. The monoisotopic (exact) mass is 253 g/mol. The molecular formula is C12H19N3OS. The minimum absolute atomic E-state index is 0.129. The smallest absolute Gasteiger partial charge is 0.243 e. The van der Waals surface area contributed by atoms with Crippen molar-refractivity contribution in [1.82, 2.24) is 4.98 Å². The van der Waals surface area contributed by atoms with Crippen molar-refractivity contribution in [2.24, 2.45) is 11.7 Å². The van der Waals surface area contributed by atoms with E-state index in [0.29, 0.717) is 23.4 Å². The Morgan fingerprint density at radius 2 is 2.35 bits per heavy atom. The van der Waals surface area contributed by atoms with Crippen LogP contribution in [0, 0.1) is 5.92 Å². The molecule has 1 amide bonds. The highest BCUT2D eigenvalue weighted by Crippen LogP contribution is 2.40. The summed E-state index contributed by atoms with van der Waals surface area (Å²) in [6.45, 7) is 4.11. The lowest BCUT2D eigenvalue weighted by atomic mass is 10.0. The van der Waals surface area contributed by atoms with Gasteiger partial charge in [0.25, 0.3) is 0 Å². The van der Waals surface area contributed by atoms with Gasteiger partial charge in [-0.15, -0.1) is 11.3 Å². The van der Waals surface area contributed by atoms with Crippen molar-refractivity contribution in [3.05, 3.63) is 11.1 Å². The molecule has 1 heterocycles. The van der Waals surface area contributed by atoms with Crippen LogP contribution in [0.4, 0.5) is 5.13 Å². The number of thiazole rings is 1. The maximum absolute atomic E-state index is 11.8. The molecule has 1 saturated carbocycles. The summed E-state index contributed by atoms with van der Waals surface area (Å²) in [5, 5.41) is 5.50. The van der Waals surface area contributed by atoms with Crippen molar-refractivity contribution in [2.75, 3.05) is 5.32 Å². The van der Waals surface area contributed by atoms with Gasteiger partial charge in [0.05, 0.1) is 11.7 Å². The van der Waals surface area contributed by atoms with Crippen molar-refractivity contribution in [1.29, 1.82) is 0 Å². The Labute approximate surface area is 106 Å². The standard InChI is InChI=1S/C12H19N3OS/c1-7(2)5-9(13)11(16)15-12-14-10(6-17-12)8-3-4-8/h6-9H,3-5,13H2,1-2H3,(H,14,15,16). The third kappa shape index (κ3) is 3.51. The number of nitrogens with one attached hydrogen (secondary N) is 1. The van der Waals surface area contributed by atoms with Gasteiger partial charge in [-0.25, -0.2) is 4.98 Å². The van der Waals surface area contributed by atoms with E-state index in [4.69, 9.17) is 5.73 Å². The topological polar surface area (TPSA) is 68.0 Å². The fourth-order valence-electron chi connectivity index (χ4n) is 1.72. The number of anilines is 1. The Kier molecular flexibility index (Phi) is 3.79. The average Bonchev–Trinajstić information content (AvgIpc) is 2.99. The second kappa shape index (κ2) is 5.14. The summed E-state index contributed by atoms with van der Waals surface area (Å²) in [6.07, 6.45) is 3.15. The van der Waals surface area contributed by atoms with Crippen LogP contribution >= 0.6 is 11.3 Å². The summed E-state index contributed by atoms with van der Waals surface area (Å²) >= 11 is 1.48. The summed E-state index contributed by atoms with van der Waals surface area (Å²) < 4.78 is 0. The van der Waals surface area contributed by atoms with Crippen molar-refractivity contribution in [3.8, 4) is 0 Å². The number of hydrogen-bond acceptors (Lipinski definition) is 4. The van der Waals surface area contributed by atoms with E-state index >= 15 is 0 Å². The van der Waals surface area contributed by atoms with Crippen molar-refractivity contribution >= 4 is 22.4 Å². The zero-order chi connectivity index (χ0) is 12.4. The molecular weight excluding hydrogens is 234 g/mol. The zero-order valence-electron chi connectivity index (χ0n) is 10.3. The van der Waals surface area contributed by atoms with Gasteiger partial charge >= 0.3 is 0 Å². The van der Waals surface area contributed by atoms with E-state index in [1.165, 1.54) is 24.2 Å². The number of hydrogen-bond donors (Lipinski definition) is 2. The molecule has 1 unspecified atom stereocenters. The normalized spacial score (nSPS) is 17.2. The van der Waals surface area contributed by atoms with Gasteiger partial charge in [0.15, 0.2) is 5.13 Å². The number of rotatable bonds is 5. The van der Waals surface area contributed by atoms with Crippen LogP contribution in [0.2, 0.25) is 0 Å². The molecule has 4 nitrogen and oxygen atoms in total. The second-order valence-corrected chi connectivity index (χ2v) is 5.94. The third-order valence-electron chi connectivity index (χ3n) is 2.81. The largest absolute Gasteiger partial charge is 0.320 e. The van der Waals surface area contributed by atoms with Gasteiger partial charge in [0.2, 0.25) is 5.91 Å². The molecule has 0 bridgehead atoms. The van der Waals surface area contributed by atoms with Crippen molar-refractivity contribution in [3.63, 3.8) is 0 Å². The van der Waals surface area contributed by atoms with Crippen LogP contribution in [-0.4, -0.2) is 16.9 Å². The first-order valence-corrected chi connectivity index (χ1v) is 6.96. The average molecular weight is 253 g/mol. The summed E-state index contributed by atoms with van der Waals surface area (Å²) in [4.78, 5) is 16.2. The van der Waals surface area contributed by atoms with E-state index < -0.39 is 6.04 Å². The number of aromatic nitrogens is 1. The molecule has 1 atom stereocenters. The van der Waals surface area contributed by atoms with Crippen LogP contribution in [0.5, 0.6) is 0 Å². The number of nitrogens with two attached hydrogens (primary N) is 1. The predicted octanol–water partition coefficient (Wildman–Crippen LogP) is 2.33. The minimum atomic E-state index is -0.441. The maximum Gasteiger partial charge on any atom is 0.243 e. The van der Waals surface area contributed by atoms with Crippen LogP contribution in [0.25, 0.3) is 0 Å². The first kappa shape index (κ1) is 12.5. The Balaban J connectivity index is 1.88. The van der Waals surface area contributed by atoms with Crippen LogP contribution in [0.15, 0.2) is 5.38 Å². The molecule has 3 N–H and O–H groups in total. The van der Waals surface area contributed by atoms with Crippen LogP contribution < -0.4 is 11.1 Å². The molecule has 1 fully saturated rings. The highest BCUT2D eigenvalue weighted by atomic mass is 32.1. The maximum atomic E-state index is 11.8. The molecule has 1 aromatic heterocycles. The third-order valence-corrected chi connectivity index (χ3v) is 3.59. The Bertz CT molecular complexity index is 398. The fraction of sp³-hybridized carbons (Fsp3) is 0.667. The highest BCUT2D eigenvalue weighted by molar-refractivity contribution is 7.13. The summed E-state index contributed by atoms with van der Waals surface area (Å²) in [7, 11) is 0. The van der Waals surface area contributed by atoms with E-state index in [9.17, 15) is 4.79 Å². The molecule has 17 heavy (non-hydrogen) atoms. The van der Waals surface area contributed by atoms with Crippen molar-refractivity contribution < 1.29 is 4.79 Å². The van der Waals surface area contributed by atoms with E-state index in [2.05, 4.69) is 24.1 Å². The predicted molar refractivity (Wildman–Crippen MR) is 70.1 cm³/mol. The molecule has 0 aliphatic heterocycles. The SMILES string of the molecule is CC(C)CC(N)C(=O)Nc1nc(C2CC2)cs1. The molecule has 0 radical (unpaired) electrons. The van der Waals surface area contributed by atoms with Gasteiger partial charge in [0.1, 0.15) is 0 Å². The van der Waals surface area contributed by atoms with Gasteiger partial charge in [-0.2, -0.15) is 0 Å².